The summed E-state index contributed by atoms with van der Waals surface area (Å²) in [7, 11) is 1.64. The number of aromatic nitrogens is 1. The number of nitrogens with one attached hydrogen (secondary N) is 1. The summed E-state index contributed by atoms with van der Waals surface area (Å²) in [4.78, 5) is 28.4. The van der Waals surface area contributed by atoms with E-state index in [-0.39, 0.29) is 17.9 Å². The van der Waals surface area contributed by atoms with Crippen molar-refractivity contribution in [3.05, 3.63) is 29.6 Å². The van der Waals surface area contributed by atoms with E-state index in [1.807, 2.05) is 25.1 Å². The van der Waals surface area contributed by atoms with Crippen molar-refractivity contribution in [1.29, 1.82) is 0 Å². The van der Waals surface area contributed by atoms with Crippen LogP contribution in [0.4, 0.5) is 13.2 Å². The standard InChI is InChI=1S/C18H27N3O3.C2HF3O2/c1-13-4-3-5-14(20-13)10-21-11-16(18(22)19-7-9-23-2)15-6-8-24-17(15)12-21;3-2(4,5)1(6)7/h3-5,15-17H,6-12H2,1-2H3,(H,19,22);(H,6,7)/t15-,16-,17+;/m0./s1. The van der Waals surface area contributed by atoms with Crippen molar-refractivity contribution in [2.24, 2.45) is 11.8 Å². The van der Waals surface area contributed by atoms with Gasteiger partial charge in [0.15, 0.2) is 0 Å². The number of aliphatic carboxylic acids is 1. The molecule has 2 aliphatic rings. The predicted molar refractivity (Wildman–Crippen MR) is 104 cm³/mol. The number of piperidine rings is 1. The zero-order valence-electron chi connectivity index (χ0n) is 17.5. The molecule has 174 valence electrons. The average molecular weight is 447 g/mol. The van der Waals surface area contributed by atoms with Crippen LogP contribution >= 0.6 is 0 Å². The molecule has 0 bridgehead atoms. The molecule has 0 spiro atoms. The molecule has 3 rings (SSSR count). The van der Waals surface area contributed by atoms with Gasteiger partial charge in [-0.05, 0) is 25.5 Å². The number of hydrogen-bond acceptors (Lipinski definition) is 6. The van der Waals surface area contributed by atoms with E-state index in [1.54, 1.807) is 7.11 Å². The Morgan fingerprint density at radius 2 is 2.06 bits per heavy atom. The Hall–Kier alpha value is -2.24. The summed E-state index contributed by atoms with van der Waals surface area (Å²) in [6.45, 7) is 6.26. The normalized spacial score (nSPS) is 23.5. The minimum Gasteiger partial charge on any atom is -0.475 e. The first-order chi connectivity index (χ1) is 14.6. The van der Waals surface area contributed by atoms with Crippen LogP contribution in [-0.2, 0) is 25.6 Å². The van der Waals surface area contributed by atoms with Gasteiger partial charge in [0, 0.05) is 51.5 Å². The van der Waals surface area contributed by atoms with Crippen molar-refractivity contribution in [2.45, 2.75) is 32.2 Å². The van der Waals surface area contributed by atoms with Crippen LogP contribution in [0.2, 0.25) is 0 Å². The molecule has 8 nitrogen and oxygen atoms in total. The van der Waals surface area contributed by atoms with Gasteiger partial charge in [0.25, 0.3) is 0 Å². The number of carbonyl (C=O) groups excluding carboxylic acids is 1. The highest BCUT2D eigenvalue weighted by Crippen LogP contribution is 2.34. The lowest BCUT2D eigenvalue weighted by Gasteiger charge is -2.39. The van der Waals surface area contributed by atoms with Gasteiger partial charge in [-0.3, -0.25) is 14.7 Å². The Bertz CT molecular complexity index is 747. The molecule has 0 saturated carbocycles. The smallest absolute Gasteiger partial charge is 0.475 e. The summed E-state index contributed by atoms with van der Waals surface area (Å²) in [6, 6.07) is 6.08. The quantitative estimate of drug-likeness (QED) is 0.639. The van der Waals surface area contributed by atoms with Crippen LogP contribution < -0.4 is 5.32 Å². The molecule has 2 aliphatic heterocycles. The molecule has 2 fully saturated rings. The highest BCUT2D eigenvalue weighted by atomic mass is 19.4. The van der Waals surface area contributed by atoms with Gasteiger partial charge in [-0.25, -0.2) is 4.79 Å². The summed E-state index contributed by atoms with van der Waals surface area (Å²) in [5.41, 5.74) is 2.07. The predicted octanol–water partition coefficient (Wildman–Crippen LogP) is 1.62. The number of hydrogen-bond donors (Lipinski definition) is 2. The molecular formula is C20H28F3N3O5. The lowest BCUT2D eigenvalue weighted by Crippen LogP contribution is -2.52. The first-order valence-corrected chi connectivity index (χ1v) is 9.95. The number of rotatable bonds is 6. The van der Waals surface area contributed by atoms with Gasteiger partial charge in [0.05, 0.1) is 24.3 Å². The second kappa shape index (κ2) is 11.4. The van der Waals surface area contributed by atoms with Gasteiger partial charge in [-0.2, -0.15) is 13.2 Å². The number of aryl methyl sites for hydroxylation is 1. The Balaban J connectivity index is 0.000000423. The molecule has 1 amide bonds. The van der Waals surface area contributed by atoms with Crippen molar-refractivity contribution in [2.75, 3.05) is 40.0 Å². The van der Waals surface area contributed by atoms with Gasteiger partial charge in [0.2, 0.25) is 5.91 Å². The lowest BCUT2D eigenvalue weighted by molar-refractivity contribution is -0.192. The second-order valence-electron chi connectivity index (χ2n) is 7.52. The average Bonchev–Trinajstić information content (AvgIpc) is 3.16. The van der Waals surface area contributed by atoms with Gasteiger partial charge < -0.3 is 19.9 Å². The molecule has 0 radical (unpaired) electrons. The van der Waals surface area contributed by atoms with E-state index in [4.69, 9.17) is 19.4 Å². The van der Waals surface area contributed by atoms with Crippen LogP contribution in [-0.4, -0.2) is 79.1 Å². The van der Waals surface area contributed by atoms with E-state index in [9.17, 15) is 18.0 Å². The maximum Gasteiger partial charge on any atom is 0.490 e. The number of carboxylic acid groups (broad SMARTS) is 1. The molecule has 31 heavy (non-hydrogen) atoms. The molecule has 0 aromatic carbocycles. The largest absolute Gasteiger partial charge is 0.490 e. The SMILES string of the molecule is COCCNC(=O)[C@H]1CN(Cc2cccc(C)n2)C[C@H]2OCC[C@@H]12.O=C(O)C(F)(F)F. The fraction of sp³-hybridized carbons (Fsp3) is 0.650. The molecule has 2 N–H and O–H groups in total. The van der Waals surface area contributed by atoms with E-state index in [0.29, 0.717) is 19.1 Å². The molecule has 11 heteroatoms. The van der Waals surface area contributed by atoms with Crippen molar-refractivity contribution in [3.8, 4) is 0 Å². The fourth-order valence-corrected chi connectivity index (χ4v) is 3.79. The zero-order valence-corrected chi connectivity index (χ0v) is 17.5. The molecular weight excluding hydrogens is 419 g/mol. The minimum atomic E-state index is -5.08. The highest BCUT2D eigenvalue weighted by molar-refractivity contribution is 5.79. The van der Waals surface area contributed by atoms with Crippen LogP contribution in [0, 0.1) is 18.8 Å². The summed E-state index contributed by atoms with van der Waals surface area (Å²) in [5, 5.41) is 10.1. The van der Waals surface area contributed by atoms with Gasteiger partial charge in [-0.1, -0.05) is 6.07 Å². The third-order valence-electron chi connectivity index (χ3n) is 5.19. The molecule has 1 aromatic rings. The second-order valence-corrected chi connectivity index (χ2v) is 7.52. The molecule has 3 atom stereocenters. The van der Waals surface area contributed by atoms with Gasteiger partial charge >= 0.3 is 12.1 Å². The number of alkyl halides is 3. The fourth-order valence-electron chi connectivity index (χ4n) is 3.79. The monoisotopic (exact) mass is 447 g/mol. The highest BCUT2D eigenvalue weighted by Gasteiger charge is 2.43. The van der Waals surface area contributed by atoms with Gasteiger partial charge in [-0.15, -0.1) is 0 Å². The van der Waals surface area contributed by atoms with E-state index in [0.717, 1.165) is 44.0 Å². The van der Waals surface area contributed by atoms with Crippen molar-refractivity contribution in [3.63, 3.8) is 0 Å². The Morgan fingerprint density at radius 3 is 2.68 bits per heavy atom. The number of amides is 1. The van der Waals surface area contributed by atoms with Gasteiger partial charge in [0.1, 0.15) is 0 Å². The molecule has 0 unspecified atom stereocenters. The van der Waals surface area contributed by atoms with Crippen LogP contribution in [0.3, 0.4) is 0 Å². The lowest BCUT2D eigenvalue weighted by atomic mass is 9.82. The number of carboxylic acids is 1. The molecule has 2 saturated heterocycles. The first kappa shape index (κ1) is 25.0. The first-order valence-electron chi connectivity index (χ1n) is 9.95. The van der Waals surface area contributed by atoms with Crippen LogP contribution in [0.15, 0.2) is 18.2 Å². The Labute approximate surface area is 178 Å². The number of pyridine rings is 1. The Kier molecular flexibility index (Phi) is 9.20. The zero-order chi connectivity index (χ0) is 23.0. The molecule has 3 heterocycles. The number of halogens is 3. The number of methoxy groups -OCH3 is 1. The van der Waals surface area contributed by atoms with E-state index in [2.05, 4.69) is 15.2 Å². The van der Waals surface area contributed by atoms with Crippen LogP contribution in [0.1, 0.15) is 17.8 Å². The molecule has 0 aliphatic carbocycles. The minimum absolute atomic E-state index is 0.0204. The van der Waals surface area contributed by atoms with Crippen molar-refractivity contribution in [1.82, 2.24) is 15.2 Å². The topological polar surface area (TPSA) is 101 Å². The maximum absolute atomic E-state index is 12.6. The van der Waals surface area contributed by atoms with E-state index >= 15 is 0 Å². The summed E-state index contributed by atoms with van der Waals surface area (Å²) in [5.74, 6) is -2.33. The third kappa shape index (κ3) is 7.75. The van der Waals surface area contributed by atoms with Crippen molar-refractivity contribution >= 4 is 11.9 Å². The maximum atomic E-state index is 12.6. The van der Waals surface area contributed by atoms with Crippen molar-refractivity contribution < 1.29 is 37.3 Å². The summed E-state index contributed by atoms with van der Waals surface area (Å²) >= 11 is 0. The summed E-state index contributed by atoms with van der Waals surface area (Å²) < 4.78 is 42.6. The number of fused-ring (bicyclic) bond motifs is 1. The van der Waals surface area contributed by atoms with E-state index < -0.39 is 12.1 Å². The Morgan fingerprint density at radius 1 is 1.35 bits per heavy atom. The number of nitrogens with zero attached hydrogens (tertiary/aromatic N) is 2. The van der Waals surface area contributed by atoms with E-state index in [1.165, 1.54) is 0 Å². The number of ether oxygens (including phenoxy) is 2. The van der Waals surface area contributed by atoms with Crippen LogP contribution in [0.5, 0.6) is 0 Å². The molecule has 1 aromatic heterocycles. The third-order valence-corrected chi connectivity index (χ3v) is 5.19. The summed E-state index contributed by atoms with van der Waals surface area (Å²) in [6.07, 6.45) is -3.95. The number of likely N-dealkylation sites (tertiary alicyclic amines) is 1. The van der Waals surface area contributed by atoms with Crippen LogP contribution in [0.25, 0.3) is 0 Å². The number of carbonyl (C=O) groups is 2.